The molecule has 2 aromatic rings. The lowest BCUT2D eigenvalue weighted by Crippen LogP contribution is -2.31. The molecule has 0 N–H and O–H groups in total. The molecule has 0 spiro atoms. The summed E-state index contributed by atoms with van der Waals surface area (Å²) in [5.74, 6) is 0.285. The van der Waals surface area contributed by atoms with E-state index in [1.807, 2.05) is 6.92 Å². The summed E-state index contributed by atoms with van der Waals surface area (Å²) in [7, 11) is 1.57. The summed E-state index contributed by atoms with van der Waals surface area (Å²) in [5, 5.41) is 0.323. The Kier molecular flexibility index (Phi) is 8.31. The van der Waals surface area contributed by atoms with Crippen LogP contribution >= 0.6 is 35.6 Å². The molecule has 3 rings (SSSR count). The van der Waals surface area contributed by atoms with Crippen LogP contribution < -0.4 is 9.47 Å². The van der Waals surface area contributed by atoms with Crippen molar-refractivity contribution in [3.63, 3.8) is 0 Å². The molecule has 1 heterocycles. The van der Waals surface area contributed by atoms with Crippen LogP contribution in [0.25, 0.3) is 6.08 Å². The van der Waals surface area contributed by atoms with E-state index in [0.717, 1.165) is 0 Å². The number of hydrogen-bond donors (Lipinski definition) is 0. The number of amides is 1. The molecule has 0 radical (unpaired) electrons. The zero-order chi connectivity index (χ0) is 22.4. The number of hydrogen-bond acceptors (Lipinski definition) is 6. The lowest BCUT2D eigenvalue weighted by molar-refractivity contribution is -0.122. The molecule has 0 unspecified atom stereocenters. The van der Waals surface area contributed by atoms with E-state index >= 15 is 0 Å². The van der Waals surface area contributed by atoms with Gasteiger partial charge in [-0.1, -0.05) is 47.7 Å². The van der Waals surface area contributed by atoms with Gasteiger partial charge in [-0.25, -0.2) is 4.39 Å². The molecular formula is C22H21ClFNO4S2. The number of carbonyl (C=O) groups is 1. The molecule has 0 aromatic heterocycles. The van der Waals surface area contributed by atoms with Crippen LogP contribution in [0.2, 0.25) is 5.02 Å². The summed E-state index contributed by atoms with van der Waals surface area (Å²) in [6, 6.07) is 9.58. The number of ether oxygens (including phenoxy) is 3. The average Bonchev–Trinajstić information content (AvgIpc) is 2.98. The third-order valence-electron chi connectivity index (χ3n) is 4.29. The first-order valence-corrected chi connectivity index (χ1v) is 11.1. The summed E-state index contributed by atoms with van der Waals surface area (Å²) in [6.07, 6.45) is 1.72. The second-order valence-corrected chi connectivity index (χ2v) is 8.59. The Hall–Kier alpha value is -2.13. The quantitative estimate of drug-likeness (QED) is 0.357. The van der Waals surface area contributed by atoms with Gasteiger partial charge < -0.3 is 14.2 Å². The van der Waals surface area contributed by atoms with Gasteiger partial charge in [-0.2, -0.15) is 0 Å². The Labute approximate surface area is 195 Å². The van der Waals surface area contributed by atoms with E-state index in [4.69, 9.17) is 38.0 Å². The first kappa shape index (κ1) is 23.5. The molecule has 5 nitrogen and oxygen atoms in total. The molecule has 0 aliphatic carbocycles. The smallest absolute Gasteiger partial charge is 0.266 e. The number of nitrogens with zero attached hydrogens (tertiary/aromatic N) is 1. The number of thioether (sulfide) groups is 1. The lowest BCUT2D eigenvalue weighted by Gasteiger charge is -2.15. The molecule has 1 fully saturated rings. The second kappa shape index (κ2) is 10.9. The maximum absolute atomic E-state index is 13.4. The second-order valence-electron chi connectivity index (χ2n) is 6.51. The van der Waals surface area contributed by atoms with Gasteiger partial charge in [0.05, 0.1) is 29.7 Å². The van der Waals surface area contributed by atoms with Crippen LogP contribution in [0.4, 0.5) is 4.39 Å². The van der Waals surface area contributed by atoms with Crippen LogP contribution in [0.1, 0.15) is 18.1 Å². The van der Waals surface area contributed by atoms with Crippen molar-refractivity contribution in [1.29, 1.82) is 0 Å². The van der Waals surface area contributed by atoms with Crippen molar-refractivity contribution in [1.82, 2.24) is 4.90 Å². The van der Waals surface area contributed by atoms with Gasteiger partial charge >= 0.3 is 0 Å². The van der Waals surface area contributed by atoms with E-state index in [1.54, 1.807) is 37.5 Å². The van der Waals surface area contributed by atoms with E-state index in [2.05, 4.69) is 0 Å². The van der Waals surface area contributed by atoms with Gasteiger partial charge in [0.15, 0.2) is 11.5 Å². The minimum atomic E-state index is -0.338. The summed E-state index contributed by atoms with van der Waals surface area (Å²) in [5.41, 5.74) is 1.35. The minimum absolute atomic E-state index is 0.134. The minimum Gasteiger partial charge on any atom is -0.490 e. The van der Waals surface area contributed by atoms with E-state index < -0.39 is 0 Å². The molecule has 0 atom stereocenters. The Morgan fingerprint density at radius 1 is 1.26 bits per heavy atom. The van der Waals surface area contributed by atoms with Gasteiger partial charge in [-0.3, -0.25) is 9.69 Å². The Morgan fingerprint density at radius 3 is 2.77 bits per heavy atom. The highest BCUT2D eigenvalue weighted by molar-refractivity contribution is 8.26. The number of thiocarbonyl (C=S) groups is 1. The van der Waals surface area contributed by atoms with Crippen molar-refractivity contribution >= 4 is 51.9 Å². The normalized spacial score (nSPS) is 15.1. The van der Waals surface area contributed by atoms with E-state index in [1.165, 1.54) is 28.8 Å². The van der Waals surface area contributed by atoms with Crippen LogP contribution in [0.15, 0.2) is 41.3 Å². The topological polar surface area (TPSA) is 48.0 Å². The van der Waals surface area contributed by atoms with Crippen LogP contribution in [-0.4, -0.2) is 42.0 Å². The zero-order valence-corrected chi connectivity index (χ0v) is 19.4. The van der Waals surface area contributed by atoms with Crippen LogP contribution in [-0.2, 0) is 16.1 Å². The lowest BCUT2D eigenvalue weighted by atomic mass is 10.1. The monoisotopic (exact) mass is 481 g/mol. The number of halogens is 2. The molecule has 1 aliphatic heterocycles. The zero-order valence-electron chi connectivity index (χ0n) is 17.0. The van der Waals surface area contributed by atoms with Crippen LogP contribution in [0.3, 0.4) is 0 Å². The Bertz CT molecular complexity index is 1020. The largest absolute Gasteiger partial charge is 0.490 e. The summed E-state index contributed by atoms with van der Waals surface area (Å²) in [4.78, 5) is 14.7. The van der Waals surface area contributed by atoms with Crippen LogP contribution in [0, 0.1) is 5.82 Å². The standard InChI is InChI=1S/C22H21ClFNO4S2/c1-3-28-18-11-15(12-19-21(26)25(7-8-27-2)22(30)31-19)10-17(23)20(18)29-13-14-5-4-6-16(24)9-14/h4-6,9-12H,3,7-8,13H2,1-2H3. The van der Waals surface area contributed by atoms with Gasteiger partial charge in [0.25, 0.3) is 5.91 Å². The van der Waals surface area contributed by atoms with Gasteiger partial charge in [0, 0.05) is 7.11 Å². The van der Waals surface area contributed by atoms with Gasteiger partial charge in [0.1, 0.15) is 16.7 Å². The Balaban J connectivity index is 1.83. The fraction of sp³-hybridized carbons (Fsp3) is 0.273. The van der Waals surface area contributed by atoms with Crippen molar-refractivity contribution < 1.29 is 23.4 Å². The van der Waals surface area contributed by atoms with E-state index in [9.17, 15) is 9.18 Å². The highest BCUT2D eigenvalue weighted by Crippen LogP contribution is 2.39. The number of methoxy groups -OCH3 is 1. The van der Waals surface area contributed by atoms with Crippen molar-refractivity contribution in [2.45, 2.75) is 13.5 Å². The van der Waals surface area contributed by atoms with Gasteiger partial charge in [-0.15, -0.1) is 0 Å². The van der Waals surface area contributed by atoms with Crippen molar-refractivity contribution in [2.24, 2.45) is 0 Å². The summed E-state index contributed by atoms with van der Waals surface area (Å²) < 4.78 is 30.5. The van der Waals surface area contributed by atoms with Crippen molar-refractivity contribution in [2.75, 3.05) is 26.9 Å². The molecule has 1 amide bonds. The molecule has 1 aliphatic rings. The Morgan fingerprint density at radius 2 is 2.06 bits per heavy atom. The van der Waals surface area contributed by atoms with Crippen molar-refractivity contribution in [3.05, 3.63) is 63.3 Å². The molecule has 1 saturated heterocycles. The van der Waals surface area contributed by atoms with Gasteiger partial charge in [-0.05, 0) is 48.4 Å². The first-order chi connectivity index (χ1) is 14.9. The number of rotatable bonds is 9. The van der Waals surface area contributed by atoms with E-state index in [-0.39, 0.29) is 18.3 Å². The highest BCUT2D eigenvalue weighted by atomic mass is 35.5. The third-order valence-corrected chi connectivity index (χ3v) is 5.95. The molecular weight excluding hydrogens is 461 g/mol. The molecule has 0 bridgehead atoms. The van der Waals surface area contributed by atoms with Crippen LogP contribution in [0.5, 0.6) is 11.5 Å². The fourth-order valence-corrected chi connectivity index (χ4v) is 4.47. The fourth-order valence-electron chi connectivity index (χ4n) is 2.88. The predicted octanol–water partition coefficient (Wildman–Crippen LogP) is 5.30. The maximum Gasteiger partial charge on any atom is 0.266 e. The predicted molar refractivity (Wildman–Crippen MR) is 125 cm³/mol. The van der Waals surface area contributed by atoms with Gasteiger partial charge in [0.2, 0.25) is 0 Å². The molecule has 164 valence electrons. The van der Waals surface area contributed by atoms with E-state index in [0.29, 0.717) is 56.6 Å². The highest BCUT2D eigenvalue weighted by Gasteiger charge is 2.31. The number of carbonyl (C=O) groups excluding carboxylic acids is 1. The average molecular weight is 482 g/mol. The summed E-state index contributed by atoms with van der Waals surface area (Å²) >= 11 is 13.0. The third kappa shape index (κ3) is 5.98. The maximum atomic E-state index is 13.4. The first-order valence-electron chi connectivity index (χ1n) is 9.50. The molecule has 9 heteroatoms. The number of benzene rings is 2. The molecule has 2 aromatic carbocycles. The SMILES string of the molecule is CCOc1cc(C=C2SC(=S)N(CCOC)C2=O)cc(Cl)c1OCc1cccc(F)c1. The molecule has 31 heavy (non-hydrogen) atoms. The summed E-state index contributed by atoms with van der Waals surface area (Å²) in [6.45, 7) is 3.18. The van der Waals surface area contributed by atoms with Crippen molar-refractivity contribution in [3.8, 4) is 11.5 Å². The molecule has 0 saturated carbocycles.